The van der Waals surface area contributed by atoms with Crippen molar-refractivity contribution in [3.05, 3.63) is 77.1 Å². The molecule has 8 nitrogen and oxygen atoms in total. The number of nitrogens with zero attached hydrogens (tertiary/aromatic N) is 2. The lowest BCUT2D eigenvalue weighted by atomic mass is 9.88. The minimum Gasteiger partial charge on any atom is -0.410 e. The van der Waals surface area contributed by atoms with E-state index in [0.29, 0.717) is 30.8 Å². The van der Waals surface area contributed by atoms with Crippen LogP contribution < -0.4 is 21.1 Å². The van der Waals surface area contributed by atoms with Gasteiger partial charge >= 0.3 is 12.3 Å². The van der Waals surface area contributed by atoms with E-state index in [4.69, 9.17) is 10.5 Å². The molecule has 0 spiro atoms. The first-order valence-corrected chi connectivity index (χ1v) is 11.8. The molecule has 1 aromatic heterocycles. The molecule has 1 aliphatic rings. The number of amides is 2. The Bertz CT molecular complexity index is 1290. The summed E-state index contributed by atoms with van der Waals surface area (Å²) in [7, 11) is 0. The largest absolute Gasteiger partial charge is 0.419 e. The van der Waals surface area contributed by atoms with Gasteiger partial charge in [0.1, 0.15) is 5.75 Å². The molecule has 11 heteroatoms. The van der Waals surface area contributed by atoms with Crippen LogP contribution in [-0.4, -0.2) is 28.5 Å². The number of carbonyl (C=O) groups is 2. The van der Waals surface area contributed by atoms with Gasteiger partial charge in [-0.15, -0.1) is 0 Å². The smallest absolute Gasteiger partial charge is 0.410 e. The molecule has 3 aromatic rings. The fourth-order valence-corrected chi connectivity index (χ4v) is 4.16. The Labute approximate surface area is 211 Å². The number of carbonyl (C=O) groups excluding carboxylic acids is 2. The van der Waals surface area contributed by atoms with E-state index < -0.39 is 29.2 Å². The Hall–Kier alpha value is -4.15. The van der Waals surface area contributed by atoms with E-state index in [9.17, 15) is 22.8 Å². The summed E-state index contributed by atoms with van der Waals surface area (Å²) in [5.74, 6) is -0.134. The van der Waals surface area contributed by atoms with Crippen molar-refractivity contribution in [1.82, 2.24) is 15.3 Å². The van der Waals surface area contributed by atoms with Gasteiger partial charge in [-0.1, -0.05) is 24.3 Å². The lowest BCUT2D eigenvalue weighted by molar-refractivity contribution is -0.138. The minimum absolute atomic E-state index is 0.00974. The lowest BCUT2D eigenvalue weighted by Gasteiger charge is -2.18. The van der Waals surface area contributed by atoms with Crippen molar-refractivity contribution in [3.8, 4) is 5.75 Å². The Morgan fingerprint density at radius 1 is 1.08 bits per heavy atom. The van der Waals surface area contributed by atoms with Crippen LogP contribution in [0.15, 0.2) is 54.7 Å². The highest BCUT2D eigenvalue weighted by Gasteiger charge is 2.50. The van der Waals surface area contributed by atoms with Crippen LogP contribution in [0.3, 0.4) is 0 Å². The molecule has 1 fully saturated rings. The third-order valence-electron chi connectivity index (χ3n) is 6.20. The quantitative estimate of drug-likeness (QED) is 0.383. The van der Waals surface area contributed by atoms with Crippen LogP contribution in [0.5, 0.6) is 5.75 Å². The van der Waals surface area contributed by atoms with Crippen LogP contribution in [0.2, 0.25) is 0 Å². The number of aryl methyl sites for hydroxylation is 2. The third kappa shape index (κ3) is 5.99. The summed E-state index contributed by atoms with van der Waals surface area (Å²) < 4.78 is 46.2. The fourth-order valence-electron chi connectivity index (χ4n) is 4.16. The molecule has 0 atom stereocenters. The molecule has 0 saturated heterocycles. The summed E-state index contributed by atoms with van der Waals surface area (Å²) in [6.45, 7) is 2.18. The average Bonchev–Trinajstić information content (AvgIpc) is 3.66. The third-order valence-corrected chi connectivity index (χ3v) is 6.20. The SMILES string of the molecule is CCNC(=O)Oc1ccc(Nc2ncc(C(F)(F)F)c(CCc3ccccc3C3(C(N)=O)CC3)n2)cc1. The van der Waals surface area contributed by atoms with Crippen molar-refractivity contribution in [2.75, 3.05) is 11.9 Å². The number of hydrogen-bond acceptors (Lipinski definition) is 6. The molecule has 2 aromatic carbocycles. The molecule has 0 aliphatic heterocycles. The molecule has 194 valence electrons. The molecule has 0 radical (unpaired) electrons. The number of primary amides is 1. The zero-order valence-electron chi connectivity index (χ0n) is 20.1. The first-order valence-electron chi connectivity index (χ1n) is 11.8. The molecule has 37 heavy (non-hydrogen) atoms. The van der Waals surface area contributed by atoms with E-state index in [1.807, 2.05) is 6.07 Å². The Morgan fingerprint density at radius 3 is 2.41 bits per heavy atom. The summed E-state index contributed by atoms with van der Waals surface area (Å²) in [4.78, 5) is 31.6. The number of benzene rings is 2. The number of rotatable bonds is 9. The first kappa shape index (κ1) is 25.9. The predicted octanol–water partition coefficient (Wildman–Crippen LogP) is 4.65. The Balaban J connectivity index is 1.53. The number of halogens is 3. The molecule has 4 N–H and O–H groups in total. The highest BCUT2D eigenvalue weighted by Crippen LogP contribution is 2.49. The molecular formula is C26H26F3N5O3. The second-order valence-corrected chi connectivity index (χ2v) is 8.72. The van der Waals surface area contributed by atoms with Crippen LogP contribution in [-0.2, 0) is 29.2 Å². The number of alkyl halides is 3. The molecule has 1 heterocycles. The number of nitrogens with two attached hydrogens (primary N) is 1. The van der Waals surface area contributed by atoms with Crippen molar-refractivity contribution < 1.29 is 27.5 Å². The zero-order chi connectivity index (χ0) is 26.6. The highest BCUT2D eigenvalue weighted by molar-refractivity contribution is 5.90. The van der Waals surface area contributed by atoms with Gasteiger partial charge < -0.3 is 21.1 Å². The van der Waals surface area contributed by atoms with Gasteiger partial charge in [0.2, 0.25) is 11.9 Å². The van der Waals surface area contributed by atoms with Crippen LogP contribution in [0.1, 0.15) is 42.1 Å². The second kappa shape index (κ2) is 10.5. The molecule has 2 amide bonds. The maximum absolute atomic E-state index is 13.7. The fraction of sp³-hybridized carbons (Fsp3) is 0.308. The van der Waals surface area contributed by atoms with Crippen molar-refractivity contribution in [3.63, 3.8) is 0 Å². The normalized spacial score (nSPS) is 14.1. The summed E-state index contributed by atoms with van der Waals surface area (Å²) in [6, 6.07) is 13.4. The van der Waals surface area contributed by atoms with E-state index in [1.165, 1.54) is 12.1 Å². The van der Waals surface area contributed by atoms with Crippen molar-refractivity contribution in [2.24, 2.45) is 5.73 Å². The van der Waals surface area contributed by atoms with Crippen molar-refractivity contribution in [1.29, 1.82) is 0 Å². The van der Waals surface area contributed by atoms with Gasteiger partial charge in [0.05, 0.1) is 16.7 Å². The number of ether oxygens (including phenoxy) is 1. The van der Waals surface area contributed by atoms with E-state index in [0.717, 1.165) is 17.3 Å². The molecular weight excluding hydrogens is 487 g/mol. The van der Waals surface area contributed by atoms with Gasteiger partial charge in [0.15, 0.2) is 0 Å². The van der Waals surface area contributed by atoms with Gasteiger partial charge in [-0.25, -0.2) is 14.8 Å². The van der Waals surface area contributed by atoms with Crippen LogP contribution in [0, 0.1) is 0 Å². The standard InChI is InChI=1S/C26H26F3N5O3/c1-2-31-24(36)37-18-10-8-17(9-11-18)33-23-32-15-20(26(27,28)29)21(34-23)12-7-16-5-3-4-6-19(16)25(13-14-25)22(30)35/h3-6,8-11,15H,2,7,12-14H2,1H3,(H2,30,35)(H,31,36)(H,32,33,34). The minimum atomic E-state index is -4.63. The number of nitrogens with one attached hydrogen (secondary N) is 2. The molecule has 4 rings (SSSR count). The molecule has 1 saturated carbocycles. The van der Waals surface area contributed by atoms with E-state index >= 15 is 0 Å². The zero-order valence-corrected chi connectivity index (χ0v) is 20.1. The summed E-state index contributed by atoms with van der Waals surface area (Å²) >= 11 is 0. The van der Waals surface area contributed by atoms with Gasteiger partial charge in [-0.2, -0.15) is 13.2 Å². The van der Waals surface area contributed by atoms with Crippen molar-refractivity contribution >= 4 is 23.6 Å². The van der Waals surface area contributed by atoms with Gasteiger partial charge in [-0.05, 0) is 68.0 Å². The molecule has 1 aliphatic carbocycles. The summed E-state index contributed by atoms with van der Waals surface area (Å²) in [5.41, 5.74) is 5.82. The number of hydrogen-bond donors (Lipinski definition) is 3. The highest BCUT2D eigenvalue weighted by atomic mass is 19.4. The first-order chi connectivity index (χ1) is 17.6. The van der Waals surface area contributed by atoms with Crippen molar-refractivity contribution in [2.45, 2.75) is 44.2 Å². The second-order valence-electron chi connectivity index (χ2n) is 8.72. The number of aromatic nitrogens is 2. The van der Waals surface area contributed by atoms with E-state index in [-0.39, 0.29) is 24.5 Å². The van der Waals surface area contributed by atoms with Gasteiger partial charge in [0.25, 0.3) is 0 Å². The average molecular weight is 514 g/mol. The number of anilines is 2. The maximum Gasteiger partial charge on any atom is 0.419 e. The van der Waals surface area contributed by atoms with Crippen LogP contribution in [0.25, 0.3) is 0 Å². The monoisotopic (exact) mass is 513 g/mol. The predicted molar refractivity (Wildman–Crippen MR) is 130 cm³/mol. The van der Waals surface area contributed by atoms with Gasteiger partial charge in [-0.3, -0.25) is 4.79 Å². The lowest BCUT2D eigenvalue weighted by Crippen LogP contribution is -2.29. The topological polar surface area (TPSA) is 119 Å². The Morgan fingerprint density at radius 2 is 1.78 bits per heavy atom. The van der Waals surface area contributed by atoms with Crippen LogP contribution >= 0.6 is 0 Å². The molecule has 0 bridgehead atoms. The summed E-state index contributed by atoms with van der Waals surface area (Å²) in [5, 5.41) is 5.39. The maximum atomic E-state index is 13.7. The van der Waals surface area contributed by atoms with E-state index in [1.54, 1.807) is 37.3 Å². The Kier molecular flexibility index (Phi) is 7.33. The molecule has 0 unspecified atom stereocenters. The van der Waals surface area contributed by atoms with Gasteiger partial charge in [0, 0.05) is 18.4 Å². The van der Waals surface area contributed by atoms with E-state index in [2.05, 4.69) is 20.6 Å². The van der Waals surface area contributed by atoms with Crippen LogP contribution in [0.4, 0.5) is 29.6 Å². The summed E-state index contributed by atoms with van der Waals surface area (Å²) in [6.07, 6.45) is -2.98.